The van der Waals surface area contributed by atoms with Crippen LogP contribution in [-0.2, 0) is 4.74 Å². The van der Waals surface area contributed by atoms with Crippen molar-refractivity contribution in [1.82, 2.24) is 0 Å². The molecular weight excluding hydrogens is 522 g/mol. The SMILES string of the molecule is CCOC(=O)c1ccc(N2C(=O)c3oc4ccc(Cl)cc4c(=O)c3C2c2ccc(Br)cc2)cc1. The predicted molar refractivity (Wildman–Crippen MR) is 133 cm³/mol. The number of nitrogens with zero attached hydrogens (tertiary/aromatic N) is 1. The number of carbonyl (C=O) groups excluding carboxylic acids is 2. The van der Waals surface area contributed by atoms with E-state index in [1.165, 1.54) is 4.90 Å². The lowest BCUT2D eigenvalue weighted by Crippen LogP contribution is -2.29. The number of benzene rings is 3. The zero-order valence-corrected chi connectivity index (χ0v) is 20.2. The highest BCUT2D eigenvalue weighted by atomic mass is 79.9. The maximum absolute atomic E-state index is 13.6. The normalized spacial score (nSPS) is 15.0. The van der Waals surface area contributed by atoms with Crippen molar-refractivity contribution in [3.63, 3.8) is 0 Å². The minimum absolute atomic E-state index is 0.0118. The number of fused-ring (bicyclic) bond motifs is 2. The molecule has 0 fully saturated rings. The lowest BCUT2D eigenvalue weighted by atomic mass is 9.98. The molecule has 1 unspecified atom stereocenters. The lowest BCUT2D eigenvalue weighted by Gasteiger charge is -2.25. The molecule has 0 saturated heterocycles. The van der Waals surface area contributed by atoms with Gasteiger partial charge in [-0.15, -0.1) is 0 Å². The second-order valence-corrected chi connectivity index (χ2v) is 9.06. The van der Waals surface area contributed by atoms with E-state index in [0.29, 0.717) is 21.7 Å². The number of halogens is 2. The third-order valence-electron chi connectivity index (χ3n) is 5.67. The van der Waals surface area contributed by atoms with Crippen LogP contribution in [0.2, 0.25) is 5.02 Å². The Kier molecular flexibility index (Phi) is 5.75. The van der Waals surface area contributed by atoms with Crippen LogP contribution >= 0.6 is 27.5 Å². The Bertz CT molecular complexity index is 1500. The number of hydrogen-bond donors (Lipinski definition) is 0. The quantitative estimate of drug-likeness (QED) is 0.292. The number of anilines is 1. The third kappa shape index (κ3) is 3.71. The summed E-state index contributed by atoms with van der Waals surface area (Å²) in [5.41, 5.74) is 1.83. The van der Waals surface area contributed by atoms with Crippen LogP contribution < -0.4 is 10.3 Å². The van der Waals surface area contributed by atoms with Crippen molar-refractivity contribution in [3.8, 4) is 0 Å². The van der Waals surface area contributed by atoms with Crippen LogP contribution in [0, 0.1) is 0 Å². The molecule has 0 saturated carbocycles. The number of amides is 1. The highest BCUT2D eigenvalue weighted by Gasteiger charge is 2.43. The van der Waals surface area contributed by atoms with Crippen molar-refractivity contribution in [2.24, 2.45) is 0 Å². The second kappa shape index (κ2) is 8.74. The number of rotatable bonds is 4. The standard InChI is InChI=1S/C26H17BrClNO5/c1-2-33-26(32)15-5-10-18(11-6-15)29-22(14-3-7-16(27)8-4-14)21-23(30)19-13-17(28)9-12-20(19)34-24(21)25(29)31/h3-13,22H,2H2,1H3. The van der Waals surface area contributed by atoms with Crippen LogP contribution in [0.15, 0.2) is 80.4 Å². The minimum Gasteiger partial charge on any atom is -0.462 e. The van der Waals surface area contributed by atoms with Crippen LogP contribution in [0.25, 0.3) is 11.0 Å². The van der Waals surface area contributed by atoms with Gasteiger partial charge in [-0.05, 0) is 67.1 Å². The summed E-state index contributed by atoms with van der Waals surface area (Å²) in [7, 11) is 0. The van der Waals surface area contributed by atoms with Crippen molar-refractivity contribution < 1.29 is 18.7 Å². The third-order valence-corrected chi connectivity index (χ3v) is 6.44. The maximum Gasteiger partial charge on any atom is 0.338 e. The van der Waals surface area contributed by atoms with Gasteiger partial charge in [-0.2, -0.15) is 0 Å². The summed E-state index contributed by atoms with van der Waals surface area (Å²) < 4.78 is 11.8. The molecule has 1 aliphatic rings. The zero-order chi connectivity index (χ0) is 24.0. The molecule has 5 rings (SSSR count). The Morgan fingerprint density at radius 2 is 1.76 bits per heavy atom. The predicted octanol–water partition coefficient (Wildman–Crippen LogP) is 6.14. The molecule has 0 aliphatic carbocycles. The van der Waals surface area contributed by atoms with E-state index in [0.717, 1.165) is 10.0 Å². The Morgan fingerprint density at radius 1 is 1.06 bits per heavy atom. The highest BCUT2D eigenvalue weighted by Crippen LogP contribution is 2.41. The van der Waals surface area contributed by atoms with Crippen LogP contribution in [0.5, 0.6) is 0 Å². The van der Waals surface area contributed by atoms with Crippen molar-refractivity contribution in [1.29, 1.82) is 0 Å². The number of carbonyl (C=O) groups is 2. The Balaban J connectivity index is 1.70. The van der Waals surface area contributed by atoms with E-state index >= 15 is 0 Å². The van der Waals surface area contributed by atoms with Gasteiger partial charge in [0.2, 0.25) is 5.76 Å². The summed E-state index contributed by atoms with van der Waals surface area (Å²) in [6.45, 7) is 1.99. The van der Waals surface area contributed by atoms with Gasteiger partial charge in [0.25, 0.3) is 5.91 Å². The Hall–Kier alpha value is -3.42. The molecule has 0 N–H and O–H groups in total. The maximum atomic E-state index is 13.6. The smallest absolute Gasteiger partial charge is 0.338 e. The Morgan fingerprint density at radius 3 is 2.44 bits per heavy atom. The molecule has 8 heteroatoms. The minimum atomic E-state index is -0.719. The molecule has 1 aliphatic heterocycles. The van der Waals surface area contributed by atoms with Gasteiger partial charge >= 0.3 is 5.97 Å². The molecule has 0 radical (unpaired) electrons. The topological polar surface area (TPSA) is 76.8 Å². The van der Waals surface area contributed by atoms with Crippen molar-refractivity contribution in [3.05, 3.63) is 109 Å². The van der Waals surface area contributed by atoms with Gasteiger partial charge in [0.1, 0.15) is 5.58 Å². The van der Waals surface area contributed by atoms with Crippen molar-refractivity contribution in [2.45, 2.75) is 13.0 Å². The van der Waals surface area contributed by atoms with Crippen LogP contribution in [0.1, 0.15) is 45.0 Å². The van der Waals surface area contributed by atoms with Gasteiger partial charge < -0.3 is 9.15 Å². The average molecular weight is 539 g/mol. The second-order valence-electron chi connectivity index (χ2n) is 7.71. The molecule has 2 heterocycles. The van der Waals surface area contributed by atoms with Crippen LogP contribution in [-0.4, -0.2) is 18.5 Å². The van der Waals surface area contributed by atoms with E-state index < -0.39 is 17.9 Å². The molecule has 0 spiro atoms. The van der Waals surface area contributed by atoms with E-state index in [2.05, 4.69) is 15.9 Å². The van der Waals surface area contributed by atoms with E-state index in [1.807, 2.05) is 24.3 Å². The molecule has 34 heavy (non-hydrogen) atoms. The van der Waals surface area contributed by atoms with Gasteiger partial charge in [-0.3, -0.25) is 14.5 Å². The van der Waals surface area contributed by atoms with E-state index in [4.69, 9.17) is 20.8 Å². The largest absolute Gasteiger partial charge is 0.462 e. The van der Waals surface area contributed by atoms with Gasteiger partial charge in [-0.25, -0.2) is 4.79 Å². The molecule has 170 valence electrons. The molecule has 1 amide bonds. The van der Waals surface area contributed by atoms with Gasteiger partial charge in [-0.1, -0.05) is 39.7 Å². The fourth-order valence-corrected chi connectivity index (χ4v) is 4.58. The first-order chi connectivity index (χ1) is 16.4. The Labute approximate surface area is 207 Å². The van der Waals surface area contributed by atoms with Crippen LogP contribution in [0.4, 0.5) is 5.69 Å². The summed E-state index contributed by atoms with van der Waals surface area (Å²) in [5.74, 6) is -0.905. The van der Waals surface area contributed by atoms with Crippen molar-refractivity contribution in [2.75, 3.05) is 11.5 Å². The van der Waals surface area contributed by atoms with Gasteiger partial charge in [0, 0.05) is 15.2 Å². The van der Waals surface area contributed by atoms with E-state index in [1.54, 1.807) is 49.4 Å². The number of hydrogen-bond acceptors (Lipinski definition) is 5. The number of ether oxygens (including phenoxy) is 1. The first kappa shape index (κ1) is 22.4. The first-order valence-electron chi connectivity index (χ1n) is 10.5. The molecule has 4 aromatic rings. The lowest BCUT2D eigenvalue weighted by molar-refractivity contribution is 0.0526. The van der Waals surface area contributed by atoms with Gasteiger partial charge in [0.05, 0.1) is 29.2 Å². The van der Waals surface area contributed by atoms with Crippen molar-refractivity contribution >= 4 is 56.1 Å². The fourth-order valence-electron chi connectivity index (χ4n) is 4.14. The van der Waals surface area contributed by atoms with Crippen LogP contribution in [0.3, 0.4) is 0 Å². The molecule has 0 bridgehead atoms. The molecule has 1 aromatic heterocycles. The van der Waals surface area contributed by atoms with E-state index in [-0.39, 0.29) is 28.9 Å². The van der Waals surface area contributed by atoms with E-state index in [9.17, 15) is 14.4 Å². The highest BCUT2D eigenvalue weighted by molar-refractivity contribution is 9.10. The summed E-state index contributed by atoms with van der Waals surface area (Å²) in [4.78, 5) is 40.8. The summed E-state index contributed by atoms with van der Waals surface area (Å²) in [5, 5.41) is 0.705. The zero-order valence-electron chi connectivity index (χ0n) is 17.9. The van der Waals surface area contributed by atoms with Gasteiger partial charge in [0.15, 0.2) is 5.43 Å². The average Bonchev–Trinajstić information content (AvgIpc) is 3.13. The summed E-state index contributed by atoms with van der Waals surface area (Å²) in [6, 6.07) is 17.9. The molecule has 1 atom stereocenters. The first-order valence-corrected chi connectivity index (χ1v) is 11.7. The molecular formula is C26H17BrClNO5. The number of esters is 1. The monoisotopic (exact) mass is 537 g/mol. The molecule has 3 aromatic carbocycles. The summed E-state index contributed by atoms with van der Waals surface area (Å²) in [6.07, 6.45) is 0. The summed E-state index contributed by atoms with van der Waals surface area (Å²) >= 11 is 9.56. The fraction of sp³-hybridized carbons (Fsp3) is 0.115. The molecule has 6 nitrogen and oxygen atoms in total.